The van der Waals surface area contributed by atoms with Gasteiger partial charge in [-0.25, -0.2) is 16.8 Å². The van der Waals surface area contributed by atoms with Crippen LogP contribution in [0.15, 0.2) is 173 Å². The van der Waals surface area contributed by atoms with Gasteiger partial charge in [0.1, 0.15) is 23.4 Å². The first-order chi connectivity index (χ1) is 32.0. The average molecular weight is 998 g/mol. The van der Waals surface area contributed by atoms with Gasteiger partial charge < -0.3 is 9.47 Å². The Kier molecular flexibility index (Phi) is 14.2. The minimum atomic E-state index is -3.74. The Morgan fingerprint density at radius 1 is 0.612 bits per heavy atom. The quantitative estimate of drug-likeness (QED) is 0.161. The highest BCUT2D eigenvalue weighted by Crippen LogP contribution is 2.59. The number of fused-ring (bicyclic) bond motifs is 5. The smallest absolute Gasteiger partial charge is 0.264 e. The zero-order chi connectivity index (χ0) is 47.8. The minimum Gasteiger partial charge on any atom is -0.494 e. The van der Waals surface area contributed by atoms with E-state index in [0.29, 0.717) is 32.1 Å². The van der Waals surface area contributed by atoms with Gasteiger partial charge in [-0.15, -0.1) is 0 Å². The molecule has 0 aromatic heterocycles. The lowest BCUT2D eigenvalue weighted by Crippen LogP contribution is -2.35. The Balaban J connectivity index is 0.000000159. The minimum absolute atomic E-state index is 0.0251. The molecule has 348 valence electrons. The van der Waals surface area contributed by atoms with E-state index < -0.39 is 20.0 Å². The molecule has 1 N–H and O–H groups in total. The number of allylic oxidation sites excluding steroid dienone is 2. The van der Waals surface area contributed by atoms with E-state index in [9.17, 15) is 21.6 Å². The predicted octanol–water partition coefficient (Wildman–Crippen LogP) is 12.8. The van der Waals surface area contributed by atoms with Crippen molar-refractivity contribution in [2.75, 3.05) is 11.8 Å². The van der Waals surface area contributed by atoms with Gasteiger partial charge in [-0.05, 0) is 96.6 Å². The Labute approximate surface area is 408 Å². The fourth-order valence-electron chi connectivity index (χ4n) is 10.1. The zero-order valence-electron chi connectivity index (χ0n) is 37.5. The van der Waals surface area contributed by atoms with Crippen molar-refractivity contribution in [3.8, 4) is 11.5 Å². The van der Waals surface area contributed by atoms with E-state index in [1.54, 1.807) is 71.0 Å². The van der Waals surface area contributed by atoms with E-state index in [0.717, 1.165) is 27.4 Å². The highest BCUT2D eigenvalue weighted by atomic mass is 35.5. The van der Waals surface area contributed by atoms with E-state index in [1.807, 2.05) is 105 Å². The lowest BCUT2D eigenvalue weighted by molar-refractivity contribution is -0.125. The molecule has 2 aliphatic heterocycles. The number of nitrogens with zero attached hydrogens (tertiary/aromatic N) is 1. The van der Waals surface area contributed by atoms with Gasteiger partial charge in [-0.1, -0.05) is 141 Å². The molecular weight excluding hydrogens is 947 g/mol. The van der Waals surface area contributed by atoms with Gasteiger partial charge in [0.2, 0.25) is 0 Å². The molecule has 0 spiro atoms. The third-order valence-corrected chi connectivity index (χ3v) is 17.6. The number of benzene rings is 6. The number of rotatable bonds is 8. The van der Waals surface area contributed by atoms with Crippen LogP contribution in [0.25, 0.3) is 0 Å². The lowest BCUT2D eigenvalue weighted by Gasteiger charge is -2.30. The molecule has 14 heteroatoms. The predicted molar refractivity (Wildman–Crippen MR) is 266 cm³/mol. The summed E-state index contributed by atoms with van der Waals surface area (Å²) in [5.74, 6) is 1.02. The number of nitrogens with one attached hydrogen (secondary N) is 1. The number of ketones is 1. The number of hydrogen-bond acceptors (Lipinski definition) is 7. The first-order valence-electron chi connectivity index (χ1n) is 22.0. The van der Waals surface area contributed by atoms with Gasteiger partial charge in [-0.2, -0.15) is 0 Å². The number of sulfonamides is 2. The van der Waals surface area contributed by atoms with E-state index in [2.05, 4.69) is 18.6 Å². The number of ether oxygens (including phenoxy) is 2. The van der Waals surface area contributed by atoms with Crippen LogP contribution >= 0.6 is 34.8 Å². The number of anilines is 1. The topological polar surface area (TPSA) is 119 Å². The van der Waals surface area contributed by atoms with Crippen LogP contribution in [0.4, 0.5) is 5.69 Å². The molecule has 6 unspecified atom stereocenters. The molecular formula is C53H51Cl3N2O7S2. The molecule has 10 rings (SSSR count). The molecule has 67 heavy (non-hydrogen) atoms. The van der Waals surface area contributed by atoms with Gasteiger partial charge >= 0.3 is 0 Å². The molecule has 1 saturated heterocycles. The van der Waals surface area contributed by atoms with Crippen molar-refractivity contribution in [1.29, 1.82) is 0 Å². The molecule has 6 aromatic rings. The number of methoxy groups -OCH3 is 1. The monoisotopic (exact) mass is 996 g/mol. The van der Waals surface area contributed by atoms with E-state index in [4.69, 9.17) is 44.3 Å². The van der Waals surface area contributed by atoms with E-state index in [-0.39, 0.29) is 64.2 Å². The Morgan fingerprint density at radius 3 is 1.67 bits per heavy atom. The largest absolute Gasteiger partial charge is 0.494 e. The average Bonchev–Trinajstić information content (AvgIpc) is 3.83. The standard InChI is InChI=1S/C25H26ClNO3S.C22H20ClNO4S.C6H5Cl/c1-14-16(3)27(31(29,30)19-7-5-4-6-8-19)21-13-20-22(17-9-11-18(26)12-10-17)15(2)24(23(14)21)25(20)28;1-14-18-12-19(24-29(25,26)17-6-4-3-5-7-17)21(27-2)13-20(18)28-22(14)15-8-10-16(23)11-9-15;7-6-4-2-1-3-5-6/h4-16,20,22-24H,1-3H3;3-14,22,24H,1-2H3;1-5H/t14-,15?,16-,20?,22?,23?,24?;14?,22-;/m00./s1. The maximum atomic E-state index is 13.6. The van der Waals surface area contributed by atoms with Gasteiger partial charge in [-0.3, -0.25) is 13.8 Å². The van der Waals surface area contributed by atoms with Crippen molar-refractivity contribution in [1.82, 2.24) is 4.31 Å². The molecule has 2 aliphatic carbocycles. The van der Waals surface area contributed by atoms with Crippen LogP contribution in [0.5, 0.6) is 11.5 Å². The molecule has 1 saturated carbocycles. The van der Waals surface area contributed by atoms with Crippen LogP contribution in [-0.2, 0) is 24.8 Å². The third-order valence-electron chi connectivity index (χ3n) is 13.5. The summed E-state index contributed by atoms with van der Waals surface area (Å²) in [5.41, 5.74) is 4.19. The normalized spacial score (nSPS) is 24.7. The molecule has 2 heterocycles. The van der Waals surface area contributed by atoms with Crippen molar-refractivity contribution >= 4 is 66.3 Å². The van der Waals surface area contributed by atoms with Crippen LogP contribution in [0.2, 0.25) is 15.1 Å². The second kappa shape index (κ2) is 19.7. The zero-order valence-corrected chi connectivity index (χ0v) is 41.4. The summed E-state index contributed by atoms with van der Waals surface area (Å²) in [6.45, 7) is 8.24. The first-order valence-corrected chi connectivity index (χ1v) is 26.1. The van der Waals surface area contributed by atoms with E-state index >= 15 is 0 Å². The number of carbonyl (C=O) groups is 1. The molecule has 9 atom stereocenters. The Morgan fingerprint density at radius 2 is 1.13 bits per heavy atom. The van der Waals surface area contributed by atoms with Crippen LogP contribution < -0.4 is 14.2 Å². The second-order valence-electron chi connectivity index (χ2n) is 17.4. The second-order valence-corrected chi connectivity index (χ2v) is 22.2. The van der Waals surface area contributed by atoms with Crippen molar-refractivity contribution in [3.05, 3.63) is 195 Å². The van der Waals surface area contributed by atoms with Crippen molar-refractivity contribution in [2.45, 2.75) is 61.5 Å². The van der Waals surface area contributed by atoms with Crippen LogP contribution in [-0.4, -0.2) is 40.1 Å². The van der Waals surface area contributed by atoms with Gasteiger partial charge in [0.25, 0.3) is 20.0 Å². The summed E-state index contributed by atoms with van der Waals surface area (Å²) in [4.78, 5) is 13.9. The molecule has 2 bridgehead atoms. The highest BCUT2D eigenvalue weighted by Gasteiger charge is 2.60. The first kappa shape index (κ1) is 48.2. The van der Waals surface area contributed by atoms with E-state index in [1.165, 1.54) is 7.11 Å². The summed E-state index contributed by atoms with van der Waals surface area (Å²) in [6.07, 6.45) is 1.78. The molecule has 2 fully saturated rings. The van der Waals surface area contributed by atoms with Crippen molar-refractivity contribution in [3.63, 3.8) is 0 Å². The van der Waals surface area contributed by atoms with Crippen LogP contribution in [0.3, 0.4) is 0 Å². The molecule has 6 aromatic carbocycles. The Hall–Kier alpha value is -5.30. The van der Waals surface area contributed by atoms with Gasteiger partial charge in [0.05, 0.1) is 22.6 Å². The summed E-state index contributed by atoms with van der Waals surface area (Å²) >= 11 is 17.6. The molecule has 4 aliphatic rings. The summed E-state index contributed by atoms with van der Waals surface area (Å²) in [7, 11) is -5.94. The fourth-order valence-corrected chi connectivity index (χ4v) is 13.4. The Bertz CT molecular complexity index is 2980. The lowest BCUT2D eigenvalue weighted by atomic mass is 9.73. The van der Waals surface area contributed by atoms with Gasteiger partial charge in [0.15, 0.2) is 0 Å². The summed E-state index contributed by atoms with van der Waals surface area (Å²) < 4.78 is 68.6. The number of hydrogen-bond donors (Lipinski definition) is 1. The highest BCUT2D eigenvalue weighted by molar-refractivity contribution is 7.92. The third kappa shape index (κ3) is 9.59. The fraction of sp³-hybridized carbons (Fsp3) is 0.264. The number of carbonyl (C=O) groups excluding carboxylic acids is 1. The van der Waals surface area contributed by atoms with Crippen molar-refractivity contribution < 1.29 is 31.1 Å². The molecule has 0 amide bonds. The maximum Gasteiger partial charge on any atom is 0.264 e. The SMILES string of the molecule is CC1C2C(=O)C(C=C3C2[C@@H](C)[C@H](C)N3S(=O)(=O)c2ccccc2)C1c1ccc(Cl)cc1.COc1cc2c(cc1NS(=O)(=O)c1ccccc1)C(C)[C@@H](c1ccc(Cl)cc1)O2.Clc1ccccc1. The number of Topliss-reactive ketones (excluding diaryl/α,β-unsaturated/α-hetero) is 1. The molecule has 9 nitrogen and oxygen atoms in total. The van der Waals surface area contributed by atoms with Crippen LogP contribution in [0, 0.1) is 29.6 Å². The van der Waals surface area contributed by atoms with Crippen LogP contribution in [0.1, 0.15) is 62.3 Å². The molecule has 0 radical (unpaired) electrons. The van der Waals surface area contributed by atoms with Gasteiger partial charge in [0, 0.05) is 68.0 Å². The summed E-state index contributed by atoms with van der Waals surface area (Å²) in [6, 6.07) is 44.8. The number of halogens is 3. The maximum absolute atomic E-state index is 13.6. The summed E-state index contributed by atoms with van der Waals surface area (Å²) in [5, 5.41) is 2.13. The van der Waals surface area contributed by atoms with Crippen molar-refractivity contribution in [2.24, 2.45) is 29.6 Å².